The van der Waals surface area contributed by atoms with Gasteiger partial charge in [0.2, 0.25) is 0 Å². The third-order valence-corrected chi connectivity index (χ3v) is 2.60. The van der Waals surface area contributed by atoms with Crippen LogP contribution in [0.1, 0.15) is 11.5 Å². The summed E-state index contributed by atoms with van der Waals surface area (Å²) in [4.78, 5) is 11.3. The number of aromatic nitrogens is 3. The SMILES string of the molecule is Cc1nc2nc(CO)[nH]c2cc1Br. The van der Waals surface area contributed by atoms with Crippen molar-refractivity contribution >= 4 is 27.1 Å². The molecular weight excluding hydrogens is 234 g/mol. The molecule has 0 saturated carbocycles. The van der Waals surface area contributed by atoms with Gasteiger partial charge >= 0.3 is 0 Å². The molecule has 0 radical (unpaired) electrons. The van der Waals surface area contributed by atoms with Crippen LogP contribution in [0.2, 0.25) is 0 Å². The third-order valence-electron chi connectivity index (χ3n) is 1.80. The van der Waals surface area contributed by atoms with E-state index in [1.807, 2.05) is 13.0 Å². The van der Waals surface area contributed by atoms with Crippen LogP contribution in [0.5, 0.6) is 0 Å². The minimum atomic E-state index is -0.0903. The van der Waals surface area contributed by atoms with Crippen molar-refractivity contribution in [3.8, 4) is 0 Å². The zero-order chi connectivity index (χ0) is 9.42. The molecule has 0 atom stereocenters. The Hall–Kier alpha value is -0.940. The highest BCUT2D eigenvalue weighted by Gasteiger charge is 2.05. The second-order valence-electron chi connectivity index (χ2n) is 2.77. The minimum absolute atomic E-state index is 0.0903. The average molecular weight is 242 g/mol. The van der Waals surface area contributed by atoms with E-state index in [1.165, 1.54) is 0 Å². The lowest BCUT2D eigenvalue weighted by Gasteiger charge is -1.94. The smallest absolute Gasteiger partial charge is 0.178 e. The maximum Gasteiger partial charge on any atom is 0.178 e. The number of halogens is 1. The number of aliphatic hydroxyl groups excluding tert-OH is 1. The van der Waals surface area contributed by atoms with Crippen molar-refractivity contribution in [2.75, 3.05) is 0 Å². The summed E-state index contributed by atoms with van der Waals surface area (Å²) in [6.07, 6.45) is 0. The molecule has 0 saturated heterocycles. The van der Waals surface area contributed by atoms with Gasteiger partial charge in [0.25, 0.3) is 0 Å². The van der Waals surface area contributed by atoms with Gasteiger partial charge < -0.3 is 10.1 Å². The second-order valence-corrected chi connectivity index (χ2v) is 3.62. The van der Waals surface area contributed by atoms with Crippen molar-refractivity contribution in [1.82, 2.24) is 15.0 Å². The molecule has 2 aromatic heterocycles. The number of aryl methyl sites for hydroxylation is 1. The molecule has 68 valence electrons. The predicted molar refractivity (Wildman–Crippen MR) is 52.2 cm³/mol. The van der Waals surface area contributed by atoms with Gasteiger partial charge in [0.05, 0.1) is 11.2 Å². The number of rotatable bonds is 1. The fraction of sp³-hybridized carbons (Fsp3) is 0.250. The Labute approximate surface area is 83.2 Å². The number of H-pyrrole nitrogens is 1. The molecule has 2 heterocycles. The summed E-state index contributed by atoms with van der Waals surface area (Å²) in [6.45, 7) is 1.81. The van der Waals surface area contributed by atoms with E-state index in [1.54, 1.807) is 0 Å². The maximum absolute atomic E-state index is 8.84. The van der Waals surface area contributed by atoms with Gasteiger partial charge in [-0.2, -0.15) is 0 Å². The first-order chi connectivity index (χ1) is 6.20. The van der Waals surface area contributed by atoms with Gasteiger partial charge in [-0.3, -0.25) is 0 Å². The molecule has 0 aliphatic carbocycles. The molecule has 0 fully saturated rings. The van der Waals surface area contributed by atoms with E-state index in [4.69, 9.17) is 5.11 Å². The molecule has 5 heteroatoms. The minimum Gasteiger partial charge on any atom is -0.388 e. The maximum atomic E-state index is 8.84. The molecule has 0 spiro atoms. The van der Waals surface area contributed by atoms with Crippen molar-refractivity contribution in [2.45, 2.75) is 13.5 Å². The first-order valence-electron chi connectivity index (χ1n) is 3.83. The first-order valence-corrected chi connectivity index (χ1v) is 4.62. The van der Waals surface area contributed by atoms with E-state index in [2.05, 4.69) is 30.9 Å². The van der Waals surface area contributed by atoms with Crippen LogP contribution in [0.4, 0.5) is 0 Å². The van der Waals surface area contributed by atoms with Crippen LogP contribution in [-0.2, 0) is 6.61 Å². The molecule has 4 nitrogen and oxygen atoms in total. The lowest BCUT2D eigenvalue weighted by Crippen LogP contribution is -1.84. The van der Waals surface area contributed by atoms with Crippen molar-refractivity contribution in [3.63, 3.8) is 0 Å². The fourth-order valence-electron chi connectivity index (χ4n) is 1.13. The Kier molecular flexibility index (Phi) is 2.05. The standard InChI is InChI=1S/C8H8BrN3O/c1-4-5(9)2-6-8(10-4)12-7(3-13)11-6/h2,13H,3H2,1H3,(H,10,11,12). The van der Waals surface area contributed by atoms with E-state index >= 15 is 0 Å². The van der Waals surface area contributed by atoms with E-state index in [0.717, 1.165) is 15.7 Å². The van der Waals surface area contributed by atoms with E-state index in [-0.39, 0.29) is 6.61 Å². The molecule has 2 N–H and O–H groups in total. The van der Waals surface area contributed by atoms with Crippen molar-refractivity contribution in [1.29, 1.82) is 0 Å². The zero-order valence-electron chi connectivity index (χ0n) is 7.00. The Morgan fingerprint density at radius 3 is 3.00 bits per heavy atom. The zero-order valence-corrected chi connectivity index (χ0v) is 8.59. The van der Waals surface area contributed by atoms with Gasteiger partial charge in [0.15, 0.2) is 5.65 Å². The third kappa shape index (κ3) is 1.45. The molecule has 2 aromatic rings. The van der Waals surface area contributed by atoms with Gasteiger partial charge in [-0.05, 0) is 28.9 Å². The van der Waals surface area contributed by atoms with Gasteiger partial charge in [-0.1, -0.05) is 0 Å². The number of hydrogen-bond acceptors (Lipinski definition) is 3. The molecule has 0 bridgehead atoms. The Morgan fingerprint density at radius 1 is 1.54 bits per heavy atom. The van der Waals surface area contributed by atoms with Crippen LogP contribution in [0.3, 0.4) is 0 Å². The molecule has 0 amide bonds. The summed E-state index contributed by atoms with van der Waals surface area (Å²) < 4.78 is 0.938. The van der Waals surface area contributed by atoms with Crippen LogP contribution in [0, 0.1) is 6.92 Å². The normalized spacial score (nSPS) is 11.0. The summed E-state index contributed by atoms with van der Waals surface area (Å²) in [7, 11) is 0. The lowest BCUT2D eigenvalue weighted by molar-refractivity contribution is 0.273. The molecule has 2 rings (SSSR count). The first kappa shape index (κ1) is 8.65. The number of aromatic amines is 1. The molecule has 0 unspecified atom stereocenters. The number of imidazole rings is 1. The summed E-state index contributed by atoms with van der Waals surface area (Å²) in [5, 5.41) is 8.84. The Bertz CT molecular complexity index is 413. The summed E-state index contributed by atoms with van der Waals surface area (Å²) in [5.74, 6) is 0.542. The summed E-state index contributed by atoms with van der Waals surface area (Å²) in [6, 6.07) is 1.91. The van der Waals surface area contributed by atoms with Crippen LogP contribution in [-0.4, -0.2) is 20.1 Å². The van der Waals surface area contributed by atoms with Gasteiger partial charge in [-0.15, -0.1) is 0 Å². The quantitative estimate of drug-likeness (QED) is 0.796. The largest absolute Gasteiger partial charge is 0.388 e. The van der Waals surface area contributed by atoms with E-state index < -0.39 is 0 Å². The highest BCUT2D eigenvalue weighted by Crippen LogP contribution is 2.19. The molecule has 0 aliphatic heterocycles. The van der Waals surface area contributed by atoms with Crippen molar-refractivity contribution in [3.05, 3.63) is 22.1 Å². The van der Waals surface area contributed by atoms with Crippen LogP contribution >= 0.6 is 15.9 Å². The number of pyridine rings is 1. The molecule has 0 aliphatic rings. The van der Waals surface area contributed by atoms with Crippen LogP contribution in [0.25, 0.3) is 11.2 Å². The number of nitrogens with one attached hydrogen (secondary N) is 1. The summed E-state index contributed by atoms with van der Waals surface area (Å²) in [5.41, 5.74) is 2.37. The Morgan fingerprint density at radius 2 is 2.31 bits per heavy atom. The number of hydrogen-bond donors (Lipinski definition) is 2. The van der Waals surface area contributed by atoms with Gasteiger partial charge in [0, 0.05) is 4.47 Å². The second kappa shape index (κ2) is 3.08. The molecule has 13 heavy (non-hydrogen) atoms. The van der Waals surface area contributed by atoms with Gasteiger partial charge in [-0.25, -0.2) is 9.97 Å². The lowest BCUT2D eigenvalue weighted by atomic mass is 10.3. The van der Waals surface area contributed by atoms with Crippen LogP contribution < -0.4 is 0 Å². The number of aliphatic hydroxyl groups is 1. The summed E-state index contributed by atoms with van der Waals surface area (Å²) >= 11 is 3.37. The van der Waals surface area contributed by atoms with Crippen molar-refractivity contribution in [2.24, 2.45) is 0 Å². The fourth-order valence-corrected chi connectivity index (χ4v) is 1.45. The molecular formula is C8H8BrN3O. The van der Waals surface area contributed by atoms with Crippen LogP contribution in [0.15, 0.2) is 10.5 Å². The topological polar surface area (TPSA) is 61.8 Å². The predicted octanol–water partition coefficient (Wildman–Crippen LogP) is 1.52. The highest BCUT2D eigenvalue weighted by molar-refractivity contribution is 9.10. The average Bonchev–Trinajstić information content (AvgIpc) is 2.48. The van der Waals surface area contributed by atoms with E-state index in [9.17, 15) is 0 Å². The molecule has 0 aromatic carbocycles. The highest BCUT2D eigenvalue weighted by atomic mass is 79.9. The van der Waals surface area contributed by atoms with E-state index in [0.29, 0.717) is 11.5 Å². The monoisotopic (exact) mass is 241 g/mol. The number of fused-ring (bicyclic) bond motifs is 1. The van der Waals surface area contributed by atoms with Gasteiger partial charge in [0.1, 0.15) is 12.4 Å². The number of nitrogens with zero attached hydrogens (tertiary/aromatic N) is 2. The van der Waals surface area contributed by atoms with Crippen molar-refractivity contribution < 1.29 is 5.11 Å². The Balaban J connectivity index is 2.70.